The fourth-order valence-electron chi connectivity index (χ4n) is 2.72. The number of oxime groups is 1. The molecule has 1 aromatic carbocycles. The summed E-state index contributed by atoms with van der Waals surface area (Å²) in [6.07, 6.45) is 1.54. The van der Waals surface area contributed by atoms with Crippen LogP contribution in [0.15, 0.2) is 46.5 Å². The predicted molar refractivity (Wildman–Crippen MR) is 87.4 cm³/mol. The van der Waals surface area contributed by atoms with E-state index in [-0.39, 0.29) is 22.7 Å². The Hall–Kier alpha value is -2.91. The Kier molecular flexibility index (Phi) is 3.25. The second kappa shape index (κ2) is 5.32. The van der Waals surface area contributed by atoms with Crippen LogP contribution in [0, 0.1) is 6.92 Å². The molecule has 2 aromatic heterocycles. The maximum atomic E-state index is 12.8. The van der Waals surface area contributed by atoms with Crippen LogP contribution in [-0.2, 0) is 15.6 Å². The third-order valence-electron chi connectivity index (χ3n) is 3.70. The van der Waals surface area contributed by atoms with E-state index in [4.69, 9.17) is 4.55 Å². The van der Waals surface area contributed by atoms with Gasteiger partial charge in [0.15, 0.2) is 17.2 Å². The van der Waals surface area contributed by atoms with Gasteiger partial charge in [0.2, 0.25) is 0 Å². The predicted octanol–water partition coefficient (Wildman–Crippen LogP) is 1.31. The van der Waals surface area contributed by atoms with E-state index in [9.17, 15) is 9.00 Å². The van der Waals surface area contributed by atoms with Gasteiger partial charge in [-0.05, 0) is 31.2 Å². The molecule has 0 fully saturated rings. The van der Waals surface area contributed by atoms with Crippen LogP contribution in [0.2, 0.25) is 0 Å². The van der Waals surface area contributed by atoms with E-state index in [1.54, 1.807) is 18.2 Å². The molecular formula is C15H10N4O4S. The van der Waals surface area contributed by atoms with Crippen molar-refractivity contribution in [1.29, 1.82) is 0 Å². The molecule has 3 aromatic rings. The second-order valence-corrected chi connectivity index (χ2v) is 5.79. The van der Waals surface area contributed by atoms with Crippen LogP contribution >= 0.6 is 0 Å². The highest BCUT2D eigenvalue weighted by atomic mass is 32.2. The fourth-order valence-corrected chi connectivity index (χ4v) is 2.85. The highest BCUT2D eigenvalue weighted by Crippen LogP contribution is 2.27. The first-order valence-corrected chi connectivity index (χ1v) is 7.95. The van der Waals surface area contributed by atoms with Crippen molar-refractivity contribution < 1.29 is 13.0 Å². The molecule has 9 heteroatoms. The summed E-state index contributed by atoms with van der Waals surface area (Å²) >= 11 is -2.57. The van der Waals surface area contributed by atoms with Crippen LogP contribution in [0.25, 0.3) is 16.7 Å². The second-order valence-electron chi connectivity index (χ2n) is 5.20. The summed E-state index contributed by atoms with van der Waals surface area (Å²) in [4.78, 5) is 21.3. The summed E-state index contributed by atoms with van der Waals surface area (Å²) < 4.78 is 25.5. The molecular weight excluding hydrogens is 332 g/mol. The Morgan fingerprint density at radius 3 is 2.96 bits per heavy atom. The molecule has 120 valence electrons. The lowest BCUT2D eigenvalue weighted by molar-refractivity contribution is 0.326. The normalized spacial score (nSPS) is 15.3. The Labute approximate surface area is 137 Å². The van der Waals surface area contributed by atoms with Crippen molar-refractivity contribution in [3.05, 3.63) is 63.8 Å². The van der Waals surface area contributed by atoms with E-state index < -0.39 is 11.4 Å². The molecule has 1 atom stereocenters. The molecule has 1 N–H and O–H groups in total. The number of nitrogens with zero attached hydrogens (tertiary/aromatic N) is 4. The number of benzene rings is 1. The van der Waals surface area contributed by atoms with Gasteiger partial charge >= 0.3 is 11.4 Å². The number of pyridine rings is 1. The monoisotopic (exact) mass is 342 g/mol. The van der Waals surface area contributed by atoms with Crippen molar-refractivity contribution in [2.24, 2.45) is 5.16 Å². The topological polar surface area (TPSA) is 107 Å². The Morgan fingerprint density at radius 2 is 2.17 bits per heavy atom. The number of rotatable bonds is 2. The third kappa shape index (κ3) is 2.14. The van der Waals surface area contributed by atoms with Crippen LogP contribution in [0.5, 0.6) is 0 Å². The quantitative estimate of drug-likeness (QED) is 0.435. The zero-order valence-electron chi connectivity index (χ0n) is 12.3. The minimum absolute atomic E-state index is 0.209. The zero-order chi connectivity index (χ0) is 16.8. The molecule has 3 heterocycles. The zero-order valence-corrected chi connectivity index (χ0v) is 13.1. The Bertz CT molecular complexity index is 1110. The van der Waals surface area contributed by atoms with Gasteiger partial charge < -0.3 is 0 Å². The van der Waals surface area contributed by atoms with Crippen molar-refractivity contribution in [3.8, 4) is 5.69 Å². The molecule has 1 aliphatic heterocycles. The van der Waals surface area contributed by atoms with Crippen LogP contribution in [0.4, 0.5) is 0 Å². The first-order valence-electron chi connectivity index (χ1n) is 6.92. The van der Waals surface area contributed by atoms with Crippen LogP contribution in [0.3, 0.4) is 0 Å². The minimum atomic E-state index is -2.57. The number of aromatic nitrogens is 3. The first-order chi connectivity index (χ1) is 11.6. The van der Waals surface area contributed by atoms with E-state index in [0.717, 1.165) is 5.56 Å². The smallest absolute Gasteiger partial charge is 0.273 e. The minimum Gasteiger partial charge on any atom is -0.273 e. The average molecular weight is 342 g/mol. The standard InChI is InChI=1S/C15H10N4O4S/c1-8-4-5-11-10(7-8)12(18-23-24(21)22)14-17-13-9(3-2-6-16-13)15(20)19(11)14/h2-7H,1H3,(H,21,22). The van der Waals surface area contributed by atoms with Gasteiger partial charge in [-0.1, -0.05) is 16.8 Å². The SMILES string of the molecule is Cc1ccc2c(c1)C(=NOS(=O)O)c1nc3ncccc3c(=O)n1-2. The van der Waals surface area contributed by atoms with Crippen LogP contribution in [-0.4, -0.2) is 29.0 Å². The summed E-state index contributed by atoms with van der Waals surface area (Å²) in [5.74, 6) is 0.220. The van der Waals surface area contributed by atoms with Crippen molar-refractivity contribution in [1.82, 2.24) is 14.5 Å². The summed E-state index contributed by atoms with van der Waals surface area (Å²) in [5, 5.41) is 4.09. The molecule has 0 radical (unpaired) electrons. The molecule has 0 aliphatic carbocycles. The van der Waals surface area contributed by atoms with E-state index in [2.05, 4.69) is 19.4 Å². The lowest BCUT2D eigenvalue weighted by Gasteiger charge is -2.05. The maximum Gasteiger partial charge on any atom is 0.378 e. The molecule has 1 unspecified atom stereocenters. The fraction of sp³-hybridized carbons (Fsp3) is 0.0667. The summed E-state index contributed by atoms with van der Waals surface area (Å²) in [7, 11) is 0. The lowest BCUT2D eigenvalue weighted by Crippen LogP contribution is -2.22. The van der Waals surface area contributed by atoms with Crippen LogP contribution < -0.4 is 5.56 Å². The van der Waals surface area contributed by atoms with Crippen LogP contribution in [0.1, 0.15) is 17.0 Å². The highest BCUT2D eigenvalue weighted by Gasteiger charge is 2.30. The van der Waals surface area contributed by atoms with Gasteiger partial charge in [0.05, 0.1) is 11.1 Å². The summed E-state index contributed by atoms with van der Waals surface area (Å²) in [6, 6.07) is 8.75. The maximum absolute atomic E-state index is 12.8. The van der Waals surface area contributed by atoms with Crippen molar-refractivity contribution >= 4 is 28.1 Å². The molecule has 24 heavy (non-hydrogen) atoms. The van der Waals surface area contributed by atoms with Gasteiger partial charge in [0, 0.05) is 11.8 Å². The van der Waals surface area contributed by atoms with E-state index >= 15 is 0 Å². The van der Waals surface area contributed by atoms with Gasteiger partial charge in [-0.2, -0.15) is 4.21 Å². The Morgan fingerprint density at radius 1 is 1.33 bits per heavy atom. The number of fused-ring (bicyclic) bond motifs is 4. The molecule has 0 saturated heterocycles. The number of aryl methyl sites for hydroxylation is 1. The largest absolute Gasteiger partial charge is 0.378 e. The molecule has 0 saturated carbocycles. The molecule has 0 spiro atoms. The first kappa shape index (κ1) is 14.7. The van der Waals surface area contributed by atoms with E-state index in [1.807, 2.05) is 19.1 Å². The third-order valence-corrected chi connectivity index (χ3v) is 3.90. The van der Waals surface area contributed by atoms with Crippen molar-refractivity contribution in [2.45, 2.75) is 6.92 Å². The van der Waals surface area contributed by atoms with E-state index in [1.165, 1.54) is 10.8 Å². The van der Waals surface area contributed by atoms with Gasteiger partial charge in [-0.3, -0.25) is 18.2 Å². The summed E-state index contributed by atoms with van der Waals surface area (Å²) in [5.41, 5.74) is 2.32. The number of hydrogen-bond donors (Lipinski definition) is 1. The van der Waals surface area contributed by atoms with Gasteiger partial charge in [-0.15, -0.1) is 0 Å². The van der Waals surface area contributed by atoms with E-state index in [0.29, 0.717) is 16.6 Å². The Balaban J connectivity index is 2.10. The van der Waals surface area contributed by atoms with Gasteiger partial charge in [0.25, 0.3) is 5.56 Å². The number of hydrogen-bond acceptors (Lipinski definition) is 6. The highest BCUT2D eigenvalue weighted by molar-refractivity contribution is 7.74. The lowest BCUT2D eigenvalue weighted by atomic mass is 10.1. The molecule has 0 amide bonds. The average Bonchev–Trinajstić information content (AvgIpc) is 2.86. The van der Waals surface area contributed by atoms with Crippen molar-refractivity contribution in [3.63, 3.8) is 0 Å². The van der Waals surface area contributed by atoms with Gasteiger partial charge in [0.1, 0.15) is 0 Å². The van der Waals surface area contributed by atoms with Gasteiger partial charge in [-0.25, -0.2) is 9.97 Å². The van der Waals surface area contributed by atoms with Crippen molar-refractivity contribution in [2.75, 3.05) is 0 Å². The summed E-state index contributed by atoms with van der Waals surface area (Å²) in [6.45, 7) is 1.89. The molecule has 8 nitrogen and oxygen atoms in total. The molecule has 1 aliphatic rings. The molecule has 4 rings (SSSR count). The molecule has 0 bridgehead atoms.